The van der Waals surface area contributed by atoms with Crippen LogP contribution in [0.1, 0.15) is 72.6 Å². The molecule has 3 aliphatic rings. The van der Waals surface area contributed by atoms with Crippen LogP contribution in [0.15, 0.2) is 54.7 Å². The maximum Gasteiger partial charge on any atom is 0.251 e. The number of hydrogen-bond acceptors (Lipinski definition) is 6. The number of carbonyl (C=O) groups excluding carboxylic acids is 2. The fraction of sp³-hybridized carbons (Fsp3) is 0.457. The molecule has 226 valence electrons. The molecule has 1 saturated carbocycles. The van der Waals surface area contributed by atoms with Gasteiger partial charge in [0, 0.05) is 62.5 Å². The zero-order chi connectivity index (χ0) is 30.0. The van der Waals surface area contributed by atoms with E-state index in [0.717, 1.165) is 76.1 Å². The standard InChI is InChI=1S/C35H43N5O3/c1-35(2,3)28-17-23(22-40-14-12-36-13-15-40)16-27(18-28)34(42)38-29-8-6-24-7-9-30(20-26(24)19-29)43-31-10-11-37-32(21-31)39-33(41)25-4-5-25/h7,9-11,16-18,20-21,25,29,36H,4-6,8,12-15,19,22H2,1-3H3,(H,38,42)(H,37,39,41). The van der Waals surface area contributed by atoms with Crippen molar-refractivity contribution in [3.63, 3.8) is 0 Å². The predicted molar refractivity (Wildman–Crippen MR) is 169 cm³/mol. The Morgan fingerprint density at radius 3 is 2.53 bits per heavy atom. The van der Waals surface area contributed by atoms with E-state index in [1.165, 1.54) is 22.3 Å². The number of piperazine rings is 1. The third-order valence-electron chi connectivity index (χ3n) is 8.64. The Hall–Kier alpha value is -3.75. The van der Waals surface area contributed by atoms with Crippen molar-refractivity contribution in [2.75, 3.05) is 31.5 Å². The molecule has 3 aromatic rings. The monoisotopic (exact) mass is 581 g/mol. The lowest BCUT2D eigenvalue weighted by molar-refractivity contribution is -0.117. The molecular formula is C35H43N5O3. The molecule has 8 heteroatoms. The molecule has 2 aromatic carbocycles. The zero-order valence-electron chi connectivity index (χ0n) is 25.5. The Labute approximate surface area is 254 Å². The van der Waals surface area contributed by atoms with Gasteiger partial charge in [0.2, 0.25) is 5.91 Å². The van der Waals surface area contributed by atoms with Gasteiger partial charge in [-0.2, -0.15) is 0 Å². The number of rotatable bonds is 8. The maximum absolute atomic E-state index is 13.6. The number of ether oxygens (including phenoxy) is 1. The highest BCUT2D eigenvalue weighted by atomic mass is 16.5. The normalized spacial score (nSPS) is 18.9. The molecule has 2 fully saturated rings. The highest BCUT2D eigenvalue weighted by molar-refractivity contribution is 5.95. The quantitative estimate of drug-likeness (QED) is 0.338. The number of anilines is 1. The van der Waals surface area contributed by atoms with Gasteiger partial charge in [-0.25, -0.2) is 4.98 Å². The SMILES string of the molecule is CC(C)(C)c1cc(CN2CCNCC2)cc(C(=O)NC2CCc3ccc(Oc4ccnc(NC(=O)C5CC5)c4)cc3C2)c1. The minimum absolute atomic E-state index is 0.00826. The molecule has 2 amide bonds. The number of benzene rings is 2. The molecule has 1 aromatic heterocycles. The van der Waals surface area contributed by atoms with E-state index in [0.29, 0.717) is 11.6 Å². The summed E-state index contributed by atoms with van der Waals surface area (Å²) in [5, 5.41) is 9.64. The Balaban J connectivity index is 1.12. The summed E-state index contributed by atoms with van der Waals surface area (Å²) in [7, 11) is 0. The van der Waals surface area contributed by atoms with Crippen LogP contribution in [0.2, 0.25) is 0 Å². The third kappa shape index (κ3) is 7.61. The lowest BCUT2D eigenvalue weighted by atomic mass is 9.84. The average molecular weight is 582 g/mol. The first kappa shape index (κ1) is 29.3. The number of fused-ring (bicyclic) bond motifs is 1. The van der Waals surface area contributed by atoms with Gasteiger partial charge >= 0.3 is 0 Å². The molecule has 6 rings (SSSR count). The van der Waals surface area contributed by atoms with Crippen LogP contribution in [0.3, 0.4) is 0 Å². The average Bonchev–Trinajstić information content (AvgIpc) is 3.83. The van der Waals surface area contributed by atoms with Crippen LogP contribution in [0, 0.1) is 5.92 Å². The molecule has 1 saturated heterocycles. The number of pyridine rings is 1. The maximum atomic E-state index is 13.6. The van der Waals surface area contributed by atoms with Crippen molar-refractivity contribution >= 4 is 17.6 Å². The zero-order valence-corrected chi connectivity index (χ0v) is 25.5. The summed E-state index contributed by atoms with van der Waals surface area (Å²) in [5.41, 5.74) is 5.55. The molecule has 1 aliphatic heterocycles. The minimum atomic E-state index is -0.0485. The van der Waals surface area contributed by atoms with Crippen LogP contribution >= 0.6 is 0 Å². The van der Waals surface area contributed by atoms with Crippen molar-refractivity contribution < 1.29 is 14.3 Å². The van der Waals surface area contributed by atoms with Crippen LogP contribution in [0.25, 0.3) is 0 Å². The fourth-order valence-electron chi connectivity index (χ4n) is 5.92. The van der Waals surface area contributed by atoms with Crippen molar-refractivity contribution in [2.24, 2.45) is 5.92 Å². The number of hydrogen-bond donors (Lipinski definition) is 3. The van der Waals surface area contributed by atoms with E-state index >= 15 is 0 Å². The van der Waals surface area contributed by atoms with Crippen molar-refractivity contribution in [1.82, 2.24) is 20.5 Å². The summed E-state index contributed by atoms with van der Waals surface area (Å²) in [4.78, 5) is 32.5. The van der Waals surface area contributed by atoms with Gasteiger partial charge in [-0.3, -0.25) is 14.5 Å². The van der Waals surface area contributed by atoms with Gasteiger partial charge in [-0.05, 0) is 90.1 Å². The second kappa shape index (κ2) is 12.5. The third-order valence-corrected chi connectivity index (χ3v) is 8.64. The van der Waals surface area contributed by atoms with Crippen LogP contribution < -0.4 is 20.7 Å². The Morgan fingerprint density at radius 1 is 0.977 bits per heavy atom. The molecule has 8 nitrogen and oxygen atoms in total. The summed E-state index contributed by atoms with van der Waals surface area (Å²) in [6.45, 7) is 11.5. The molecule has 0 radical (unpaired) electrons. The van der Waals surface area contributed by atoms with Gasteiger partial charge in [-0.1, -0.05) is 32.9 Å². The van der Waals surface area contributed by atoms with Crippen molar-refractivity contribution in [2.45, 2.75) is 70.9 Å². The van der Waals surface area contributed by atoms with E-state index in [-0.39, 0.29) is 29.2 Å². The first-order valence-corrected chi connectivity index (χ1v) is 15.6. The molecule has 2 aliphatic carbocycles. The summed E-state index contributed by atoms with van der Waals surface area (Å²) in [5.74, 6) is 1.98. The largest absolute Gasteiger partial charge is 0.457 e. The smallest absolute Gasteiger partial charge is 0.251 e. The van der Waals surface area contributed by atoms with E-state index in [4.69, 9.17) is 4.74 Å². The highest BCUT2D eigenvalue weighted by Crippen LogP contribution is 2.32. The first-order chi connectivity index (χ1) is 20.7. The van der Waals surface area contributed by atoms with E-state index in [1.807, 2.05) is 6.07 Å². The molecular weight excluding hydrogens is 538 g/mol. The number of carbonyl (C=O) groups is 2. The topological polar surface area (TPSA) is 95.6 Å². The Kier molecular flexibility index (Phi) is 8.50. The van der Waals surface area contributed by atoms with Crippen molar-refractivity contribution in [3.8, 4) is 11.5 Å². The summed E-state index contributed by atoms with van der Waals surface area (Å²) >= 11 is 0. The van der Waals surface area contributed by atoms with Crippen LogP contribution in [0.5, 0.6) is 11.5 Å². The molecule has 3 N–H and O–H groups in total. The minimum Gasteiger partial charge on any atom is -0.457 e. The molecule has 1 atom stereocenters. The predicted octanol–water partition coefficient (Wildman–Crippen LogP) is 5.21. The number of nitrogens with zero attached hydrogens (tertiary/aromatic N) is 2. The van der Waals surface area contributed by atoms with Gasteiger partial charge in [0.25, 0.3) is 5.91 Å². The Morgan fingerprint density at radius 2 is 1.77 bits per heavy atom. The lowest BCUT2D eigenvalue weighted by Gasteiger charge is -2.29. The van der Waals surface area contributed by atoms with Crippen LogP contribution in [-0.2, 0) is 29.6 Å². The fourth-order valence-corrected chi connectivity index (χ4v) is 5.92. The van der Waals surface area contributed by atoms with E-state index < -0.39 is 0 Å². The van der Waals surface area contributed by atoms with Gasteiger partial charge in [0.15, 0.2) is 0 Å². The number of nitrogens with one attached hydrogen (secondary N) is 3. The summed E-state index contributed by atoms with van der Waals surface area (Å²) in [6.07, 6.45) is 6.10. The highest BCUT2D eigenvalue weighted by Gasteiger charge is 2.30. The second-order valence-corrected chi connectivity index (χ2v) is 13.3. The molecule has 1 unspecified atom stereocenters. The van der Waals surface area contributed by atoms with Crippen LogP contribution in [-0.4, -0.2) is 53.9 Å². The number of amides is 2. The first-order valence-electron chi connectivity index (χ1n) is 15.6. The van der Waals surface area contributed by atoms with Gasteiger partial charge in [-0.15, -0.1) is 0 Å². The molecule has 43 heavy (non-hydrogen) atoms. The van der Waals surface area contributed by atoms with E-state index in [9.17, 15) is 9.59 Å². The lowest BCUT2D eigenvalue weighted by Crippen LogP contribution is -2.43. The second-order valence-electron chi connectivity index (χ2n) is 13.3. The van der Waals surface area contributed by atoms with E-state index in [2.05, 4.69) is 76.9 Å². The van der Waals surface area contributed by atoms with Crippen LogP contribution in [0.4, 0.5) is 5.82 Å². The number of aryl methyl sites for hydroxylation is 1. The number of aromatic nitrogens is 1. The van der Waals surface area contributed by atoms with Gasteiger partial charge < -0.3 is 20.7 Å². The Bertz CT molecular complexity index is 1490. The molecule has 0 spiro atoms. The molecule has 0 bridgehead atoms. The summed E-state index contributed by atoms with van der Waals surface area (Å²) in [6, 6.07) is 16.2. The van der Waals surface area contributed by atoms with Crippen molar-refractivity contribution in [1.29, 1.82) is 0 Å². The summed E-state index contributed by atoms with van der Waals surface area (Å²) < 4.78 is 6.16. The van der Waals surface area contributed by atoms with Gasteiger partial charge in [0.05, 0.1) is 0 Å². The van der Waals surface area contributed by atoms with Crippen molar-refractivity contribution in [3.05, 3.63) is 82.5 Å². The molecule has 2 heterocycles. The van der Waals surface area contributed by atoms with E-state index in [1.54, 1.807) is 18.3 Å². The van der Waals surface area contributed by atoms with Gasteiger partial charge in [0.1, 0.15) is 17.3 Å².